The SMILES string of the molecule is Cl.O=C(Cl)C1CN2CCC1CC2. The normalized spacial score (nSPS) is 38.9. The highest BCUT2D eigenvalue weighted by molar-refractivity contribution is 6.64. The van der Waals surface area contributed by atoms with E-state index in [0.29, 0.717) is 5.92 Å². The van der Waals surface area contributed by atoms with Crippen molar-refractivity contribution in [1.29, 1.82) is 0 Å². The van der Waals surface area contributed by atoms with Crippen LogP contribution in [-0.4, -0.2) is 29.8 Å². The number of halogens is 2. The molecule has 0 N–H and O–H groups in total. The smallest absolute Gasteiger partial charge is 0.226 e. The molecule has 0 radical (unpaired) electrons. The first kappa shape index (κ1) is 10.3. The van der Waals surface area contributed by atoms with Gasteiger partial charge in [0, 0.05) is 12.5 Å². The Bertz CT molecular complexity index is 178. The largest absolute Gasteiger partial charge is 0.303 e. The van der Waals surface area contributed by atoms with E-state index in [4.69, 9.17) is 11.6 Å². The average Bonchev–Trinajstić information content (AvgIpc) is 2.06. The summed E-state index contributed by atoms with van der Waals surface area (Å²) in [5.41, 5.74) is 0. The molecule has 2 nitrogen and oxygen atoms in total. The summed E-state index contributed by atoms with van der Waals surface area (Å²) in [6.07, 6.45) is 2.34. The van der Waals surface area contributed by atoms with Crippen molar-refractivity contribution in [3.8, 4) is 0 Å². The van der Waals surface area contributed by atoms with E-state index in [9.17, 15) is 4.79 Å². The van der Waals surface area contributed by atoms with Gasteiger partial charge in [-0.1, -0.05) is 0 Å². The van der Waals surface area contributed by atoms with Crippen molar-refractivity contribution in [2.45, 2.75) is 12.8 Å². The Balaban J connectivity index is 0.000000720. The number of piperidine rings is 3. The second-order valence-corrected chi connectivity index (χ2v) is 3.92. The first-order valence-corrected chi connectivity index (χ1v) is 4.57. The van der Waals surface area contributed by atoms with Crippen molar-refractivity contribution in [3.63, 3.8) is 0 Å². The Morgan fingerprint density at radius 2 is 1.92 bits per heavy atom. The second kappa shape index (κ2) is 3.95. The maximum absolute atomic E-state index is 10.9. The Morgan fingerprint density at radius 3 is 2.17 bits per heavy atom. The van der Waals surface area contributed by atoms with E-state index in [0.717, 1.165) is 6.54 Å². The predicted molar refractivity (Wildman–Crippen MR) is 50.8 cm³/mol. The molecule has 3 saturated heterocycles. The van der Waals surface area contributed by atoms with Crippen LogP contribution in [0.1, 0.15) is 12.8 Å². The zero-order chi connectivity index (χ0) is 7.84. The van der Waals surface area contributed by atoms with E-state index >= 15 is 0 Å². The van der Waals surface area contributed by atoms with Gasteiger partial charge in [-0.25, -0.2) is 0 Å². The predicted octanol–water partition coefficient (Wildman–Crippen LogP) is 1.52. The highest BCUT2D eigenvalue weighted by Crippen LogP contribution is 2.33. The Morgan fingerprint density at radius 1 is 1.33 bits per heavy atom. The van der Waals surface area contributed by atoms with E-state index in [1.807, 2.05) is 0 Å². The first-order chi connectivity index (χ1) is 5.27. The lowest BCUT2D eigenvalue weighted by molar-refractivity contribution is -0.120. The van der Waals surface area contributed by atoms with Gasteiger partial charge in [-0.05, 0) is 43.5 Å². The van der Waals surface area contributed by atoms with Gasteiger partial charge in [-0.3, -0.25) is 4.79 Å². The van der Waals surface area contributed by atoms with E-state index in [2.05, 4.69) is 4.90 Å². The fraction of sp³-hybridized carbons (Fsp3) is 0.875. The lowest BCUT2D eigenvalue weighted by Crippen LogP contribution is -2.49. The van der Waals surface area contributed by atoms with Crippen LogP contribution in [0.15, 0.2) is 0 Å². The lowest BCUT2D eigenvalue weighted by Gasteiger charge is -2.43. The van der Waals surface area contributed by atoms with Crippen LogP contribution in [0, 0.1) is 11.8 Å². The van der Waals surface area contributed by atoms with Gasteiger partial charge >= 0.3 is 0 Å². The van der Waals surface area contributed by atoms with Gasteiger partial charge in [0.05, 0.1) is 0 Å². The third-order valence-electron chi connectivity index (χ3n) is 2.95. The minimum Gasteiger partial charge on any atom is -0.303 e. The molecule has 70 valence electrons. The van der Waals surface area contributed by atoms with Crippen LogP contribution >= 0.6 is 24.0 Å². The third kappa shape index (κ3) is 1.76. The van der Waals surface area contributed by atoms with Crippen molar-refractivity contribution >= 4 is 29.3 Å². The highest BCUT2D eigenvalue weighted by atomic mass is 35.5. The molecule has 2 bridgehead atoms. The van der Waals surface area contributed by atoms with Crippen LogP contribution < -0.4 is 0 Å². The molecule has 0 spiro atoms. The summed E-state index contributed by atoms with van der Waals surface area (Å²) < 4.78 is 0. The summed E-state index contributed by atoms with van der Waals surface area (Å²) in [6.45, 7) is 3.25. The molecule has 0 aromatic rings. The molecule has 0 amide bonds. The van der Waals surface area contributed by atoms with Gasteiger partial charge < -0.3 is 4.90 Å². The van der Waals surface area contributed by atoms with Crippen molar-refractivity contribution in [2.24, 2.45) is 11.8 Å². The van der Waals surface area contributed by atoms with Crippen LogP contribution in [0.3, 0.4) is 0 Å². The van der Waals surface area contributed by atoms with E-state index in [1.54, 1.807) is 0 Å². The quantitative estimate of drug-likeness (QED) is 0.611. The minimum atomic E-state index is -0.126. The molecule has 3 fully saturated rings. The average molecular weight is 210 g/mol. The number of nitrogens with zero attached hydrogens (tertiary/aromatic N) is 1. The number of hydrogen-bond donors (Lipinski definition) is 0. The topological polar surface area (TPSA) is 20.3 Å². The molecule has 3 heterocycles. The molecule has 1 unspecified atom stereocenters. The molecule has 0 saturated carbocycles. The molecule has 3 aliphatic rings. The first-order valence-electron chi connectivity index (χ1n) is 4.19. The van der Waals surface area contributed by atoms with Crippen molar-refractivity contribution in [1.82, 2.24) is 4.90 Å². The molecular formula is C8H13Cl2NO. The van der Waals surface area contributed by atoms with Gasteiger partial charge in [-0.15, -0.1) is 12.4 Å². The van der Waals surface area contributed by atoms with Crippen molar-refractivity contribution < 1.29 is 4.79 Å². The zero-order valence-electron chi connectivity index (χ0n) is 6.83. The van der Waals surface area contributed by atoms with Gasteiger partial charge in [0.2, 0.25) is 5.24 Å². The van der Waals surface area contributed by atoms with Gasteiger partial charge in [0.25, 0.3) is 0 Å². The number of carbonyl (C=O) groups excluding carboxylic acids is 1. The second-order valence-electron chi connectivity index (χ2n) is 3.55. The summed E-state index contributed by atoms with van der Waals surface area (Å²) in [7, 11) is 0. The molecule has 3 aliphatic heterocycles. The highest BCUT2D eigenvalue weighted by Gasteiger charge is 2.37. The van der Waals surface area contributed by atoms with Gasteiger partial charge in [-0.2, -0.15) is 0 Å². The number of hydrogen-bond acceptors (Lipinski definition) is 2. The summed E-state index contributed by atoms with van der Waals surface area (Å²) in [5, 5.41) is -0.126. The monoisotopic (exact) mass is 209 g/mol. The van der Waals surface area contributed by atoms with E-state index < -0.39 is 0 Å². The zero-order valence-corrected chi connectivity index (χ0v) is 8.40. The van der Waals surface area contributed by atoms with Gasteiger partial charge in [0.15, 0.2) is 0 Å². The fourth-order valence-electron chi connectivity index (χ4n) is 2.22. The Kier molecular flexibility index (Phi) is 3.38. The van der Waals surface area contributed by atoms with Crippen LogP contribution in [-0.2, 0) is 4.79 Å². The molecule has 4 heteroatoms. The maximum atomic E-state index is 10.9. The minimum absolute atomic E-state index is 0. The molecule has 0 aromatic heterocycles. The number of rotatable bonds is 1. The summed E-state index contributed by atoms with van der Waals surface area (Å²) in [4.78, 5) is 13.3. The maximum Gasteiger partial charge on any atom is 0.226 e. The van der Waals surface area contributed by atoms with Crippen molar-refractivity contribution in [3.05, 3.63) is 0 Å². The molecule has 0 aliphatic carbocycles. The third-order valence-corrected chi connectivity index (χ3v) is 3.23. The molecule has 12 heavy (non-hydrogen) atoms. The summed E-state index contributed by atoms with van der Waals surface area (Å²) in [6, 6.07) is 0. The fourth-order valence-corrected chi connectivity index (χ4v) is 2.47. The molecule has 1 atom stereocenters. The molecule has 0 aromatic carbocycles. The number of carbonyl (C=O) groups is 1. The molecule has 3 rings (SSSR count). The van der Waals surface area contributed by atoms with E-state index in [-0.39, 0.29) is 23.6 Å². The molecular weight excluding hydrogens is 197 g/mol. The van der Waals surface area contributed by atoms with Gasteiger partial charge in [0.1, 0.15) is 0 Å². The number of fused-ring (bicyclic) bond motifs is 3. The van der Waals surface area contributed by atoms with E-state index in [1.165, 1.54) is 25.9 Å². The Labute approximate surface area is 83.7 Å². The summed E-state index contributed by atoms with van der Waals surface area (Å²) in [5.74, 6) is 0.726. The standard InChI is InChI=1S/C8H12ClNO.ClH/c9-8(11)7-5-10-3-1-6(7)2-4-10;/h6-7H,1-5H2;1H. The van der Waals surface area contributed by atoms with Crippen LogP contribution in [0.25, 0.3) is 0 Å². The van der Waals surface area contributed by atoms with Crippen molar-refractivity contribution in [2.75, 3.05) is 19.6 Å². The van der Waals surface area contributed by atoms with Crippen LogP contribution in [0.5, 0.6) is 0 Å². The Hall–Kier alpha value is 0.210. The lowest BCUT2D eigenvalue weighted by atomic mass is 9.80. The summed E-state index contributed by atoms with van der Waals surface area (Å²) >= 11 is 5.49. The van der Waals surface area contributed by atoms with Crippen LogP contribution in [0.4, 0.5) is 0 Å². The van der Waals surface area contributed by atoms with Crippen LogP contribution in [0.2, 0.25) is 0 Å².